The molecule has 3 rings (SSSR count). The number of amides is 1. The van der Waals surface area contributed by atoms with Crippen LogP contribution in [0.5, 0.6) is 0 Å². The number of nitrogens with zero attached hydrogens (tertiary/aromatic N) is 4. The summed E-state index contributed by atoms with van der Waals surface area (Å²) in [7, 11) is 0. The molecule has 1 aromatic carbocycles. The van der Waals surface area contributed by atoms with Crippen LogP contribution in [0.1, 0.15) is 31.4 Å². The lowest BCUT2D eigenvalue weighted by atomic mass is 10.1. The zero-order valence-electron chi connectivity index (χ0n) is 17.1. The summed E-state index contributed by atoms with van der Waals surface area (Å²) in [6.07, 6.45) is 2.60. The molecule has 1 unspecified atom stereocenters. The second-order valence-electron chi connectivity index (χ2n) is 7.61. The third-order valence-electron chi connectivity index (χ3n) is 5.14. The summed E-state index contributed by atoms with van der Waals surface area (Å²) in [5, 5.41) is 9.31. The van der Waals surface area contributed by atoms with Gasteiger partial charge in [-0.1, -0.05) is 44.2 Å². The fourth-order valence-corrected chi connectivity index (χ4v) is 4.82. The highest BCUT2D eigenvalue weighted by molar-refractivity contribution is 7.99. The number of pyridine rings is 1. The van der Waals surface area contributed by atoms with E-state index in [2.05, 4.69) is 41.9 Å². The summed E-state index contributed by atoms with van der Waals surface area (Å²) in [5.74, 6) is 2.07. The summed E-state index contributed by atoms with van der Waals surface area (Å²) in [4.78, 5) is 21.8. The second kappa shape index (κ2) is 10.3. The van der Waals surface area contributed by atoms with Crippen LogP contribution in [-0.2, 0) is 10.5 Å². The normalized spacial score (nSPS) is 15.7. The number of nitriles is 1. The van der Waals surface area contributed by atoms with Gasteiger partial charge in [-0.25, -0.2) is 4.98 Å². The first-order valence-electron chi connectivity index (χ1n) is 10.1. The van der Waals surface area contributed by atoms with E-state index < -0.39 is 0 Å². The molecule has 1 atom stereocenters. The molecule has 152 valence electrons. The lowest BCUT2D eigenvalue weighted by molar-refractivity contribution is -0.131. The molecule has 1 aliphatic rings. The minimum absolute atomic E-state index is 0.0497. The van der Waals surface area contributed by atoms with Crippen molar-refractivity contribution in [2.75, 3.05) is 31.1 Å². The molecule has 1 saturated heterocycles. The Bertz CT molecular complexity index is 849. The summed E-state index contributed by atoms with van der Waals surface area (Å²) in [6.45, 7) is 7.16. The van der Waals surface area contributed by atoms with Gasteiger partial charge < -0.3 is 9.80 Å². The van der Waals surface area contributed by atoms with Gasteiger partial charge in [0.05, 0.1) is 10.8 Å². The average Bonchev–Trinajstić information content (AvgIpc) is 3.00. The number of benzene rings is 1. The number of carbonyl (C=O) groups is 1. The molecule has 29 heavy (non-hydrogen) atoms. The summed E-state index contributed by atoms with van der Waals surface area (Å²) < 4.78 is 0. The van der Waals surface area contributed by atoms with Gasteiger partial charge in [0.1, 0.15) is 11.9 Å². The molecule has 0 bridgehead atoms. The van der Waals surface area contributed by atoms with Crippen molar-refractivity contribution in [1.82, 2.24) is 9.88 Å². The van der Waals surface area contributed by atoms with Crippen LogP contribution in [0.2, 0.25) is 0 Å². The van der Waals surface area contributed by atoms with E-state index in [1.807, 2.05) is 23.1 Å². The van der Waals surface area contributed by atoms with Crippen LogP contribution in [0.3, 0.4) is 0 Å². The monoisotopic (exact) mass is 408 g/mol. The number of aromatic nitrogens is 1. The minimum Gasteiger partial charge on any atom is -0.354 e. The molecule has 6 heteroatoms. The zero-order valence-corrected chi connectivity index (χ0v) is 17.9. The van der Waals surface area contributed by atoms with E-state index in [4.69, 9.17) is 0 Å². The third-order valence-corrected chi connectivity index (χ3v) is 6.74. The van der Waals surface area contributed by atoms with Crippen molar-refractivity contribution in [3.63, 3.8) is 0 Å². The van der Waals surface area contributed by atoms with Gasteiger partial charge >= 0.3 is 0 Å². The molecule has 0 radical (unpaired) electrons. The third kappa shape index (κ3) is 5.51. The molecule has 2 aromatic rings. The highest BCUT2D eigenvalue weighted by Crippen LogP contribution is 2.27. The molecular formula is C23H28N4OS. The number of thioether (sulfide) groups is 1. The predicted molar refractivity (Wildman–Crippen MR) is 119 cm³/mol. The van der Waals surface area contributed by atoms with Crippen molar-refractivity contribution >= 4 is 23.5 Å². The first-order valence-corrected chi connectivity index (χ1v) is 11.2. The Labute approximate surface area is 177 Å². The van der Waals surface area contributed by atoms with Gasteiger partial charge in [-0.2, -0.15) is 5.26 Å². The number of anilines is 1. The van der Waals surface area contributed by atoms with E-state index in [-0.39, 0.29) is 17.1 Å². The maximum Gasteiger partial charge on any atom is 0.236 e. The maximum atomic E-state index is 13.3. The molecule has 0 saturated carbocycles. The fraction of sp³-hybridized carbons (Fsp3) is 0.435. The van der Waals surface area contributed by atoms with Crippen molar-refractivity contribution in [3.8, 4) is 6.07 Å². The lowest BCUT2D eigenvalue weighted by Crippen LogP contribution is -2.42. The van der Waals surface area contributed by atoms with Crippen LogP contribution < -0.4 is 4.90 Å². The van der Waals surface area contributed by atoms with E-state index in [0.717, 1.165) is 31.1 Å². The highest BCUT2D eigenvalue weighted by Gasteiger charge is 2.29. The van der Waals surface area contributed by atoms with Crippen molar-refractivity contribution in [2.45, 2.75) is 31.3 Å². The van der Waals surface area contributed by atoms with Crippen LogP contribution in [0.15, 0.2) is 48.7 Å². The molecule has 5 nitrogen and oxygen atoms in total. The number of hydrogen-bond donors (Lipinski definition) is 0. The van der Waals surface area contributed by atoms with Crippen LogP contribution in [0.25, 0.3) is 0 Å². The van der Waals surface area contributed by atoms with Gasteiger partial charge in [0, 0.05) is 38.1 Å². The Balaban J connectivity index is 1.64. The van der Waals surface area contributed by atoms with E-state index in [9.17, 15) is 10.1 Å². The molecule has 0 spiro atoms. The Morgan fingerprint density at radius 2 is 1.93 bits per heavy atom. The Hall–Kier alpha value is -2.52. The highest BCUT2D eigenvalue weighted by atomic mass is 32.2. The van der Waals surface area contributed by atoms with E-state index in [0.29, 0.717) is 18.7 Å². The standard InChI is InChI=1S/C23H28N4OS/c1-18(2)21(29-17-19-8-4-3-5-9-19)23(28)27-13-7-12-26(14-15-27)22-20(16-24)10-6-11-25-22/h3-6,8-11,18,21H,7,12-15,17H2,1-2H3. The van der Waals surface area contributed by atoms with Gasteiger partial charge in [-0.3, -0.25) is 4.79 Å². The van der Waals surface area contributed by atoms with Crippen LogP contribution >= 0.6 is 11.8 Å². The smallest absolute Gasteiger partial charge is 0.236 e. The van der Waals surface area contributed by atoms with Crippen molar-refractivity contribution in [1.29, 1.82) is 5.26 Å². The summed E-state index contributed by atoms with van der Waals surface area (Å²) in [6, 6.07) is 16.1. The molecule has 0 aliphatic carbocycles. The maximum absolute atomic E-state index is 13.3. The van der Waals surface area contributed by atoms with Gasteiger partial charge in [0.2, 0.25) is 5.91 Å². The van der Waals surface area contributed by atoms with Crippen LogP contribution in [0.4, 0.5) is 5.82 Å². The van der Waals surface area contributed by atoms with Crippen LogP contribution in [0, 0.1) is 17.2 Å². The number of rotatable bonds is 6. The molecule has 2 heterocycles. The second-order valence-corrected chi connectivity index (χ2v) is 8.74. The predicted octanol–water partition coefficient (Wildman–Crippen LogP) is 3.95. The minimum atomic E-state index is -0.0497. The van der Waals surface area contributed by atoms with E-state index >= 15 is 0 Å². The largest absolute Gasteiger partial charge is 0.354 e. The topological polar surface area (TPSA) is 60.2 Å². The first-order chi connectivity index (χ1) is 14.1. The molecule has 1 amide bonds. The van der Waals surface area contributed by atoms with E-state index in [1.165, 1.54) is 5.56 Å². The zero-order chi connectivity index (χ0) is 20.6. The molecule has 0 N–H and O–H groups in total. The lowest BCUT2D eigenvalue weighted by Gasteiger charge is -2.28. The summed E-state index contributed by atoms with van der Waals surface area (Å²) in [5.41, 5.74) is 1.84. The van der Waals surface area contributed by atoms with Crippen molar-refractivity contribution in [2.24, 2.45) is 5.92 Å². The van der Waals surface area contributed by atoms with Gasteiger partial charge in [-0.15, -0.1) is 11.8 Å². The summed E-state index contributed by atoms with van der Waals surface area (Å²) >= 11 is 1.73. The van der Waals surface area contributed by atoms with Gasteiger partial charge in [-0.05, 0) is 30.0 Å². The first kappa shape index (κ1) is 21.2. The van der Waals surface area contributed by atoms with E-state index in [1.54, 1.807) is 30.1 Å². The number of hydrogen-bond acceptors (Lipinski definition) is 5. The average molecular weight is 409 g/mol. The van der Waals surface area contributed by atoms with Crippen molar-refractivity contribution < 1.29 is 4.79 Å². The Kier molecular flexibility index (Phi) is 7.54. The van der Waals surface area contributed by atoms with Gasteiger partial charge in [0.15, 0.2) is 0 Å². The Morgan fingerprint density at radius 1 is 1.14 bits per heavy atom. The fourth-order valence-electron chi connectivity index (χ4n) is 3.57. The van der Waals surface area contributed by atoms with Crippen LogP contribution in [-0.4, -0.2) is 47.2 Å². The SMILES string of the molecule is CC(C)C(SCc1ccccc1)C(=O)N1CCCN(c2ncccc2C#N)CC1. The molecule has 1 aliphatic heterocycles. The molecule has 1 aromatic heterocycles. The Morgan fingerprint density at radius 3 is 2.66 bits per heavy atom. The van der Waals surface area contributed by atoms with Crippen molar-refractivity contribution in [3.05, 3.63) is 59.8 Å². The number of carbonyl (C=O) groups excluding carboxylic acids is 1. The molecular weight excluding hydrogens is 380 g/mol. The molecule has 1 fully saturated rings. The quantitative estimate of drug-likeness (QED) is 0.724. The van der Waals surface area contributed by atoms with Gasteiger partial charge in [0.25, 0.3) is 0 Å².